The molecular weight excluding hydrogens is 276 g/mol. The van der Waals surface area contributed by atoms with Crippen molar-refractivity contribution in [2.75, 3.05) is 0 Å². The summed E-state index contributed by atoms with van der Waals surface area (Å²) in [4.78, 5) is 28.6. The van der Waals surface area contributed by atoms with Crippen molar-refractivity contribution in [3.05, 3.63) is 57.7 Å². The standard InChI is InChI=1S/C13H12N4O4/c18-13(19)10-5-9-12(15-6-14-9)11(16-10)7-1-3-8(4-2-7)17(20)21/h1-4,6,10-11,16H,5H2,(H,14,15)(H,18,19)/t10-,11-/m1/s1. The fourth-order valence-corrected chi connectivity index (χ4v) is 2.49. The fraction of sp³-hybridized carbons (Fsp3) is 0.231. The van der Waals surface area contributed by atoms with Gasteiger partial charge in [0.2, 0.25) is 0 Å². The quantitative estimate of drug-likeness (QED) is 0.572. The molecule has 1 aromatic carbocycles. The molecule has 1 aliphatic rings. The molecule has 0 saturated carbocycles. The molecule has 0 fully saturated rings. The van der Waals surface area contributed by atoms with Gasteiger partial charge in [-0.25, -0.2) is 4.98 Å². The fourth-order valence-electron chi connectivity index (χ4n) is 2.49. The maximum Gasteiger partial charge on any atom is 0.321 e. The number of aliphatic carboxylic acids is 1. The number of hydrogen-bond acceptors (Lipinski definition) is 5. The molecule has 108 valence electrons. The number of aromatic amines is 1. The first-order valence-corrected chi connectivity index (χ1v) is 6.31. The first-order chi connectivity index (χ1) is 10.1. The Bertz CT molecular complexity index is 694. The average molecular weight is 288 g/mol. The summed E-state index contributed by atoms with van der Waals surface area (Å²) in [6.45, 7) is 0. The van der Waals surface area contributed by atoms with Gasteiger partial charge in [0.15, 0.2) is 0 Å². The molecule has 0 radical (unpaired) electrons. The molecule has 0 saturated heterocycles. The van der Waals surface area contributed by atoms with Crippen LogP contribution in [0.25, 0.3) is 0 Å². The second-order valence-electron chi connectivity index (χ2n) is 4.81. The van der Waals surface area contributed by atoms with Crippen molar-refractivity contribution in [3.63, 3.8) is 0 Å². The van der Waals surface area contributed by atoms with Crippen molar-refractivity contribution >= 4 is 11.7 Å². The number of carbonyl (C=O) groups is 1. The summed E-state index contributed by atoms with van der Waals surface area (Å²) in [5, 5.41) is 22.9. The third-order valence-corrected chi connectivity index (χ3v) is 3.54. The van der Waals surface area contributed by atoms with Gasteiger partial charge in [0, 0.05) is 24.2 Å². The summed E-state index contributed by atoms with van der Waals surface area (Å²) in [6.07, 6.45) is 1.85. The highest BCUT2D eigenvalue weighted by molar-refractivity contribution is 5.74. The van der Waals surface area contributed by atoms with E-state index in [-0.39, 0.29) is 5.69 Å². The van der Waals surface area contributed by atoms with Crippen LogP contribution in [0.5, 0.6) is 0 Å². The molecule has 0 aliphatic carbocycles. The Labute approximate surface area is 119 Å². The van der Waals surface area contributed by atoms with Crippen LogP contribution in [-0.4, -0.2) is 32.0 Å². The summed E-state index contributed by atoms with van der Waals surface area (Å²) in [6, 6.07) is 4.89. The van der Waals surface area contributed by atoms with Crippen LogP contribution in [0.15, 0.2) is 30.6 Å². The van der Waals surface area contributed by atoms with E-state index >= 15 is 0 Å². The van der Waals surface area contributed by atoms with Crippen LogP contribution in [0.4, 0.5) is 5.69 Å². The molecule has 3 rings (SSSR count). The van der Waals surface area contributed by atoms with Crippen LogP contribution in [0.1, 0.15) is 23.0 Å². The highest BCUT2D eigenvalue weighted by Crippen LogP contribution is 2.29. The summed E-state index contributed by atoms with van der Waals surface area (Å²) >= 11 is 0. The van der Waals surface area contributed by atoms with Gasteiger partial charge < -0.3 is 10.1 Å². The van der Waals surface area contributed by atoms with Gasteiger partial charge in [-0.2, -0.15) is 0 Å². The number of rotatable bonds is 3. The Morgan fingerprint density at radius 1 is 1.38 bits per heavy atom. The Hall–Kier alpha value is -2.74. The van der Waals surface area contributed by atoms with Crippen molar-refractivity contribution in [2.24, 2.45) is 0 Å². The normalized spacial score (nSPS) is 20.8. The third-order valence-electron chi connectivity index (χ3n) is 3.54. The molecular formula is C13H12N4O4. The minimum Gasteiger partial charge on any atom is -0.480 e. The molecule has 0 amide bonds. The predicted octanol–water partition coefficient (Wildman–Crippen LogP) is 1.01. The number of nitro groups is 1. The number of H-pyrrole nitrogens is 1. The zero-order valence-electron chi connectivity index (χ0n) is 10.8. The predicted molar refractivity (Wildman–Crippen MR) is 71.8 cm³/mol. The second kappa shape index (κ2) is 4.98. The largest absolute Gasteiger partial charge is 0.480 e. The number of carboxylic acids is 1. The smallest absolute Gasteiger partial charge is 0.321 e. The number of non-ortho nitro benzene ring substituents is 1. The number of nitro benzene ring substituents is 1. The summed E-state index contributed by atoms with van der Waals surface area (Å²) in [7, 11) is 0. The zero-order chi connectivity index (χ0) is 15.0. The lowest BCUT2D eigenvalue weighted by atomic mass is 9.94. The van der Waals surface area contributed by atoms with Crippen LogP contribution < -0.4 is 5.32 Å². The Morgan fingerprint density at radius 2 is 2.10 bits per heavy atom. The Kier molecular flexibility index (Phi) is 3.15. The number of carboxylic acid groups (broad SMARTS) is 1. The highest BCUT2D eigenvalue weighted by atomic mass is 16.6. The van der Waals surface area contributed by atoms with Gasteiger partial charge in [-0.3, -0.25) is 20.2 Å². The summed E-state index contributed by atoms with van der Waals surface area (Å²) < 4.78 is 0. The first kappa shape index (κ1) is 13.3. The molecule has 8 heteroatoms. The molecule has 0 bridgehead atoms. The Morgan fingerprint density at radius 3 is 2.71 bits per heavy atom. The van der Waals surface area contributed by atoms with E-state index in [0.717, 1.165) is 17.0 Å². The van der Waals surface area contributed by atoms with Crippen molar-refractivity contribution in [2.45, 2.75) is 18.5 Å². The zero-order valence-corrected chi connectivity index (χ0v) is 10.8. The molecule has 0 unspecified atom stereocenters. The second-order valence-corrected chi connectivity index (χ2v) is 4.81. The van der Waals surface area contributed by atoms with Crippen molar-refractivity contribution in [3.8, 4) is 0 Å². The van der Waals surface area contributed by atoms with E-state index in [4.69, 9.17) is 0 Å². The van der Waals surface area contributed by atoms with E-state index in [1.807, 2.05) is 0 Å². The molecule has 2 aromatic rings. The SMILES string of the molecule is O=C(O)[C@H]1Cc2[nH]cnc2[C@@H](c2ccc([N+](=O)[O-])cc2)N1. The third kappa shape index (κ3) is 2.36. The lowest BCUT2D eigenvalue weighted by Crippen LogP contribution is -2.45. The van der Waals surface area contributed by atoms with Gasteiger partial charge in [-0.1, -0.05) is 12.1 Å². The molecule has 2 atom stereocenters. The number of aromatic nitrogens is 2. The van der Waals surface area contributed by atoms with Crippen LogP contribution in [0, 0.1) is 10.1 Å². The molecule has 1 aromatic heterocycles. The highest BCUT2D eigenvalue weighted by Gasteiger charge is 2.33. The number of nitrogens with zero attached hydrogens (tertiary/aromatic N) is 2. The monoisotopic (exact) mass is 288 g/mol. The summed E-state index contributed by atoms with van der Waals surface area (Å²) in [5.74, 6) is -0.942. The van der Waals surface area contributed by atoms with Gasteiger partial charge in [0.05, 0.1) is 23.0 Å². The molecule has 2 heterocycles. The molecule has 3 N–H and O–H groups in total. The number of imidazole rings is 1. The molecule has 1 aliphatic heterocycles. The lowest BCUT2D eigenvalue weighted by Gasteiger charge is -2.28. The van der Waals surface area contributed by atoms with Gasteiger partial charge in [-0.05, 0) is 5.56 Å². The van der Waals surface area contributed by atoms with E-state index in [1.165, 1.54) is 18.5 Å². The summed E-state index contributed by atoms with van der Waals surface area (Å²) in [5.41, 5.74) is 2.22. The van der Waals surface area contributed by atoms with Crippen LogP contribution >= 0.6 is 0 Å². The van der Waals surface area contributed by atoms with Crippen LogP contribution in [0.2, 0.25) is 0 Å². The lowest BCUT2D eigenvalue weighted by molar-refractivity contribution is -0.384. The molecule has 21 heavy (non-hydrogen) atoms. The minimum atomic E-state index is -0.942. The van der Waals surface area contributed by atoms with E-state index in [9.17, 15) is 20.0 Å². The number of fused-ring (bicyclic) bond motifs is 1. The van der Waals surface area contributed by atoms with Crippen LogP contribution in [0.3, 0.4) is 0 Å². The molecule has 0 spiro atoms. The van der Waals surface area contributed by atoms with Gasteiger partial charge in [0.25, 0.3) is 5.69 Å². The molecule has 8 nitrogen and oxygen atoms in total. The van der Waals surface area contributed by atoms with E-state index in [0.29, 0.717) is 6.42 Å². The van der Waals surface area contributed by atoms with Gasteiger partial charge in [0.1, 0.15) is 6.04 Å². The minimum absolute atomic E-state index is 0.00778. The van der Waals surface area contributed by atoms with E-state index in [1.54, 1.807) is 12.1 Å². The first-order valence-electron chi connectivity index (χ1n) is 6.31. The maximum atomic E-state index is 11.2. The van der Waals surface area contributed by atoms with E-state index < -0.39 is 23.0 Å². The maximum absolute atomic E-state index is 11.2. The Balaban J connectivity index is 1.97. The number of hydrogen-bond donors (Lipinski definition) is 3. The topological polar surface area (TPSA) is 121 Å². The van der Waals surface area contributed by atoms with Gasteiger partial charge >= 0.3 is 5.97 Å². The number of nitrogens with one attached hydrogen (secondary N) is 2. The van der Waals surface area contributed by atoms with Crippen LogP contribution in [-0.2, 0) is 11.2 Å². The van der Waals surface area contributed by atoms with Crippen molar-refractivity contribution < 1.29 is 14.8 Å². The van der Waals surface area contributed by atoms with Crippen molar-refractivity contribution in [1.82, 2.24) is 15.3 Å². The van der Waals surface area contributed by atoms with E-state index in [2.05, 4.69) is 15.3 Å². The average Bonchev–Trinajstić information content (AvgIpc) is 2.94. The number of benzene rings is 1. The van der Waals surface area contributed by atoms with Gasteiger partial charge in [-0.15, -0.1) is 0 Å². The van der Waals surface area contributed by atoms with Crippen molar-refractivity contribution in [1.29, 1.82) is 0 Å².